The highest BCUT2D eigenvalue weighted by atomic mass is 79.9. The van der Waals surface area contributed by atoms with E-state index in [-0.39, 0.29) is 12.3 Å². The lowest BCUT2D eigenvalue weighted by molar-refractivity contribution is -0.143. The number of methoxy groups -OCH3 is 1. The van der Waals surface area contributed by atoms with Crippen LogP contribution in [0.15, 0.2) is 28.7 Å². The van der Waals surface area contributed by atoms with Crippen molar-refractivity contribution in [1.82, 2.24) is 5.32 Å². The van der Waals surface area contributed by atoms with Gasteiger partial charge in [-0.3, -0.25) is 4.79 Å². The Balaban J connectivity index is 2.23. The molecule has 0 saturated heterocycles. The second-order valence-electron chi connectivity index (χ2n) is 5.95. The molecule has 1 amide bonds. The van der Waals surface area contributed by atoms with Crippen LogP contribution < -0.4 is 5.32 Å². The zero-order chi connectivity index (χ0) is 16.9. The minimum Gasteiger partial charge on any atom is -0.480 e. The summed E-state index contributed by atoms with van der Waals surface area (Å²) in [5, 5.41) is 12.0. The first kappa shape index (κ1) is 17.9. The Morgan fingerprint density at radius 3 is 2.65 bits per heavy atom. The second kappa shape index (κ2) is 7.93. The molecule has 1 unspecified atom stereocenters. The fourth-order valence-corrected chi connectivity index (χ4v) is 3.60. The zero-order valence-corrected chi connectivity index (χ0v) is 14.8. The summed E-state index contributed by atoms with van der Waals surface area (Å²) in [6, 6.07) is 6.80. The van der Waals surface area contributed by atoms with Crippen LogP contribution in [-0.2, 0) is 19.7 Å². The highest BCUT2D eigenvalue weighted by Gasteiger charge is 2.43. The molecule has 0 aromatic heterocycles. The summed E-state index contributed by atoms with van der Waals surface area (Å²) >= 11 is 3.45. The second-order valence-corrected chi connectivity index (χ2v) is 6.86. The minimum atomic E-state index is -1.03. The molecule has 1 saturated carbocycles. The average molecular weight is 384 g/mol. The van der Waals surface area contributed by atoms with Gasteiger partial charge in [0, 0.05) is 24.6 Å². The van der Waals surface area contributed by atoms with E-state index >= 15 is 0 Å². The van der Waals surface area contributed by atoms with Crippen LogP contribution in [0.2, 0.25) is 0 Å². The summed E-state index contributed by atoms with van der Waals surface area (Å²) < 4.78 is 5.85. The van der Waals surface area contributed by atoms with Gasteiger partial charge in [0.1, 0.15) is 6.04 Å². The quantitative estimate of drug-likeness (QED) is 0.758. The molecule has 1 aliphatic rings. The van der Waals surface area contributed by atoms with Crippen LogP contribution in [-0.4, -0.2) is 36.7 Å². The Morgan fingerprint density at radius 2 is 2.09 bits per heavy atom. The van der Waals surface area contributed by atoms with Gasteiger partial charge in [0.05, 0.1) is 5.41 Å². The van der Waals surface area contributed by atoms with Gasteiger partial charge in [0.2, 0.25) is 5.91 Å². The lowest BCUT2D eigenvalue weighted by Gasteiger charge is -2.30. The Morgan fingerprint density at radius 1 is 1.39 bits per heavy atom. The van der Waals surface area contributed by atoms with Gasteiger partial charge in [-0.15, -0.1) is 0 Å². The smallest absolute Gasteiger partial charge is 0.326 e. The number of carboxylic acids is 1. The number of halogens is 1. The number of benzene rings is 1. The molecule has 2 N–H and O–H groups in total. The van der Waals surface area contributed by atoms with Crippen LogP contribution >= 0.6 is 15.9 Å². The molecule has 5 nitrogen and oxygen atoms in total. The molecule has 23 heavy (non-hydrogen) atoms. The van der Waals surface area contributed by atoms with E-state index in [9.17, 15) is 14.7 Å². The van der Waals surface area contributed by atoms with Crippen molar-refractivity contribution < 1.29 is 19.4 Å². The van der Waals surface area contributed by atoms with Crippen LogP contribution in [0.5, 0.6) is 0 Å². The van der Waals surface area contributed by atoms with Crippen molar-refractivity contribution in [2.45, 2.75) is 43.6 Å². The van der Waals surface area contributed by atoms with E-state index in [1.807, 2.05) is 24.3 Å². The molecule has 0 heterocycles. The summed E-state index contributed by atoms with van der Waals surface area (Å²) in [7, 11) is 1.51. The molecule has 1 aromatic rings. The number of hydrogen-bond donors (Lipinski definition) is 2. The third-order valence-corrected chi connectivity index (χ3v) is 4.98. The molecule has 1 aromatic carbocycles. The lowest BCUT2D eigenvalue weighted by Crippen LogP contribution is -2.50. The number of carbonyl (C=O) groups is 2. The molecule has 0 radical (unpaired) electrons. The third kappa shape index (κ3) is 4.12. The number of rotatable bonds is 7. The average Bonchev–Trinajstić information content (AvgIpc) is 3.02. The van der Waals surface area contributed by atoms with Gasteiger partial charge in [-0.25, -0.2) is 4.79 Å². The van der Waals surface area contributed by atoms with E-state index in [2.05, 4.69) is 21.2 Å². The van der Waals surface area contributed by atoms with Crippen LogP contribution in [0.4, 0.5) is 0 Å². The highest BCUT2D eigenvalue weighted by Crippen LogP contribution is 2.42. The van der Waals surface area contributed by atoms with Crippen molar-refractivity contribution in [3.05, 3.63) is 34.3 Å². The maximum absolute atomic E-state index is 12.9. The lowest BCUT2D eigenvalue weighted by atomic mass is 9.78. The van der Waals surface area contributed by atoms with Gasteiger partial charge in [-0.1, -0.05) is 40.9 Å². The van der Waals surface area contributed by atoms with E-state index in [1.165, 1.54) is 7.11 Å². The summed E-state index contributed by atoms with van der Waals surface area (Å²) in [6.45, 7) is 0.293. The molecule has 0 bridgehead atoms. The number of nitrogens with one attached hydrogen (secondary N) is 1. The van der Waals surface area contributed by atoms with Gasteiger partial charge in [-0.2, -0.15) is 0 Å². The maximum Gasteiger partial charge on any atom is 0.326 e. The number of amides is 1. The zero-order valence-electron chi connectivity index (χ0n) is 13.2. The minimum absolute atomic E-state index is 0.198. The van der Waals surface area contributed by atoms with Gasteiger partial charge in [0.15, 0.2) is 0 Å². The Labute approximate surface area is 144 Å². The molecule has 1 fully saturated rings. The molecule has 2 rings (SSSR count). The first-order valence-electron chi connectivity index (χ1n) is 7.78. The fourth-order valence-electron chi connectivity index (χ4n) is 3.20. The Bertz CT molecular complexity index is 569. The molecule has 1 atom stereocenters. The van der Waals surface area contributed by atoms with Gasteiger partial charge in [0.25, 0.3) is 0 Å². The molecule has 126 valence electrons. The normalized spacial score (nSPS) is 17.7. The molecular formula is C17H22BrNO4. The first-order chi connectivity index (χ1) is 11.0. The number of carbonyl (C=O) groups excluding carboxylic acids is 1. The van der Waals surface area contributed by atoms with Crippen LogP contribution in [0.3, 0.4) is 0 Å². The van der Waals surface area contributed by atoms with Crippen molar-refractivity contribution in [2.24, 2.45) is 0 Å². The van der Waals surface area contributed by atoms with Crippen molar-refractivity contribution in [3.63, 3.8) is 0 Å². The predicted molar refractivity (Wildman–Crippen MR) is 90.3 cm³/mol. The SMILES string of the molecule is COCCC(NC(=O)C1(c2cccc(Br)c2)CCCC1)C(=O)O. The van der Waals surface area contributed by atoms with Gasteiger partial charge < -0.3 is 15.2 Å². The van der Waals surface area contributed by atoms with Crippen LogP contribution in [0.25, 0.3) is 0 Å². The summed E-state index contributed by atoms with van der Waals surface area (Å²) in [5.74, 6) is -1.23. The van der Waals surface area contributed by atoms with Crippen molar-refractivity contribution in [3.8, 4) is 0 Å². The van der Waals surface area contributed by atoms with E-state index in [1.54, 1.807) is 0 Å². The monoisotopic (exact) mass is 383 g/mol. The van der Waals surface area contributed by atoms with E-state index in [0.717, 1.165) is 35.7 Å². The third-order valence-electron chi connectivity index (χ3n) is 4.48. The van der Waals surface area contributed by atoms with Gasteiger partial charge >= 0.3 is 5.97 Å². The number of ether oxygens (including phenoxy) is 1. The van der Waals surface area contributed by atoms with E-state index < -0.39 is 17.4 Å². The molecule has 1 aliphatic carbocycles. The standard InChI is InChI=1S/C17H22BrNO4/c1-23-10-7-14(15(20)21)19-16(22)17(8-2-3-9-17)12-5-4-6-13(18)11-12/h4-6,11,14H,2-3,7-10H2,1H3,(H,19,22)(H,20,21). The highest BCUT2D eigenvalue weighted by molar-refractivity contribution is 9.10. The van der Waals surface area contributed by atoms with Crippen molar-refractivity contribution in [2.75, 3.05) is 13.7 Å². The Kier molecular flexibility index (Phi) is 6.18. The number of hydrogen-bond acceptors (Lipinski definition) is 3. The molecule has 0 spiro atoms. The van der Waals surface area contributed by atoms with Crippen molar-refractivity contribution in [1.29, 1.82) is 0 Å². The summed E-state index contributed by atoms with van der Waals surface area (Å²) in [4.78, 5) is 24.3. The topological polar surface area (TPSA) is 75.6 Å². The largest absolute Gasteiger partial charge is 0.480 e. The molecular weight excluding hydrogens is 362 g/mol. The van der Waals surface area contributed by atoms with Gasteiger partial charge in [-0.05, 0) is 30.5 Å². The maximum atomic E-state index is 12.9. The van der Waals surface area contributed by atoms with E-state index in [4.69, 9.17) is 4.74 Å². The summed E-state index contributed by atoms with van der Waals surface area (Å²) in [6.07, 6.45) is 3.68. The van der Waals surface area contributed by atoms with Crippen LogP contribution in [0.1, 0.15) is 37.7 Å². The summed E-state index contributed by atoms with van der Waals surface area (Å²) in [5.41, 5.74) is 0.308. The van der Waals surface area contributed by atoms with E-state index in [0.29, 0.717) is 6.61 Å². The fraction of sp³-hybridized carbons (Fsp3) is 0.529. The number of aliphatic carboxylic acids is 1. The van der Waals surface area contributed by atoms with Crippen molar-refractivity contribution >= 4 is 27.8 Å². The Hall–Kier alpha value is -1.40. The van der Waals surface area contributed by atoms with Crippen LogP contribution in [0, 0.1) is 0 Å². The molecule has 6 heteroatoms. The molecule has 0 aliphatic heterocycles. The first-order valence-corrected chi connectivity index (χ1v) is 8.57. The predicted octanol–water partition coefficient (Wildman–Crippen LogP) is 2.87. The number of carboxylic acid groups (broad SMARTS) is 1.